The first kappa shape index (κ1) is 11.2. The van der Waals surface area contributed by atoms with Crippen molar-refractivity contribution in [2.75, 3.05) is 6.54 Å². The number of nitrogens with two attached hydrogens (primary N) is 1. The van der Waals surface area contributed by atoms with E-state index < -0.39 is 5.16 Å². The van der Waals surface area contributed by atoms with Crippen molar-refractivity contribution in [1.29, 1.82) is 0 Å². The average Bonchev–Trinajstić information content (AvgIpc) is 2.18. The van der Waals surface area contributed by atoms with Crippen molar-refractivity contribution in [1.82, 2.24) is 5.32 Å². The van der Waals surface area contributed by atoms with Crippen molar-refractivity contribution in [2.24, 2.45) is 11.7 Å². The van der Waals surface area contributed by atoms with E-state index in [1.54, 1.807) is 0 Å². The molecule has 0 aliphatic heterocycles. The van der Waals surface area contributed by atoms with E-state index in [0.29, 0.717) is 0 Å². The lowest BCUT2D eigenvalue weighted by molar-refractivity contribution is 0.641. The Morgan fingerprint density at radius 3 is 2.93 bits per heavy atom. The molecule has 0 fully saturated rings. The normalized spacial score (nSPS) is 22.8. The molecule has 1 aliphatic rings. The molecule has 1 aliphatic carbocycles. The Hall–Kier alpha value is -0.900. The number of hydrogen-bond acceptors (Lipinski definition) is 3. The average molecular weight is 214 g/mol. The Bertz CT molecular complexity index is 290. The predicted octanol–water partition coefficient (Wildman–Crippen LogP) is 2.08. The van der Waals surface area contributed by atoms with Gasteiger partial charge in [0.2, 0.25) is 0 Å². The minimum absolute atomic E-state index is 0.0603. The Labute approximate surface area is 89.2 Å². The van der Waals surface area contributed by atoms with Gasteiger partial charge in [-0.2, -0.15) is 4.39 Å². The number of thiol groups is 1. The second-order valence-electron chi connectivity index (χ2n) is 3.14. The zero-order valence-electron chi connectivity index (χ0n) is 8.13. The quantitative estimate of drug-likeness (QED) is 0.629. The van der Waals surface area contributed by atoms with Crippen molar-refractivity contribution in [2.45, 2.75) is 13.3 Å². The first-order chi connectivity index (χ1) is 6.65. The van der Waals surface area contributed by atoms with Gasteiger partial charge in [-0.25, -0.2) is 0 Å². The van der Waals surface area contributed by atoms with Crippen LogP contribution in [0.5, 0.6) is 0 Å². The van der Waals surface area contributed by atoms with Crippen LogP contribution in [-0.2, 0) is 0 Å². The van der Waals surface area contributed by atoms with E-state index in [0.717, 1.165) is 18.7 Å². The van der Waals surface area contributed by atoms with Crippen molar-refractivity contribution in [3.8, 4) is 0 Å². The third-order valence-electron chi connectivity index (χ3n) is 2.12. The van der Waals surface area contributed by atoms with E-state index in [1.165, 1.54) is 0 Å². The van der Waals surface area contributed by atoms with Gasteiger partial charge in [-0.3, -0.25) is 0 Å². The SMILES string of the molecule is CCNC1=CCC(/C(N)=C(\F)S)C=C1. The molecule has 1 unspecified atom stereocenters. The third kappa shape index (κ3) is 2.80. The standard InChI is InChI=1S/C10H15FN2S/c1-2-13-8-5-3-7(4-6-8)9(12)10(11)14/h3,5-7,13-14H,2,4,12H2,1H3/b10-9-. The summed E-state index contributed by atoms with van der Waals surface area (Å²) in [4.78, 5) is 0. The summed E-state index contributed by atoms with van der Waals surface area (Å²) in [6.45, 7) is 2.91. The molecule has 0 amide bonds. The summed E-state index contributed by atoms with van der Waals surface area (Å²) in [6, 6.07) is 0. The van der Waals surface area contributed by atoms with E-state index in [1.807, 2.05) is 25.2 Å². The monoisotopic (exact) mass is 214 g/mol. The molecule has 1 rings (SSSR count). The Balaban J connectivity index is 2.61. The summed E-state index contributed by atoms with van der Waals surface area (Å²) in [5.74, 6) is -0.0603. The fraction of sp³-hybridized carbons (Fsp3) is 0.400. The highest BCUT2D eigenvalue weighted by atomic mass is 32.1. The van der Waals surface area contributed by atoms with Crippen LogP contribution in [-0.4, -0.2) is 6.54 Å². The van der Waals surface area contributed by atoms with Crippen molar-refractivity contribution >= 4 is 12.6 Å². The van der Waals surface area contributed by atoms with Crippen LogP contribution in [0.1, 0.15) is 13.3 Å². The molecule has 0 bridgehead atoms. The lowest BCUT2D eigenvalue weighted by atomic mass is 9.97. The molecule has 0 saturated heterocycles. The smallest absolute Gasteiger partial charge is 0.172 e. The molecule has 78 valence electrons. The second-order valence-corrected chi connectivity index (χ2v) is 3.53. The molecule has 4 heteroatoms. The van der Waals surface area contributed by atoms with Crippen LogP contribution in [0.25, 0.3) is 0 Å². The topological polar surface area (TPSA) is 38.0 Å². The van der Waals surface area contributed by atoms with Gasteiger partial charge >= 0.3 is 0 Å². The Morgan fingerprint density at radius 1 is 1.79 bits per heavy atom. The van der Waals surface area contributed by atoms with Crippen LogP contribution in [0.3, 0.4) is 0 Å². The highest BCUT2D eigenvalue weighted by Crippen LogP contribution is 2.23. The van der Waals surface area contributed by atoms with Crippen LogP contribution in [0, 0.1) is 5.92 Å². The zero-order chi connectivity index (χ0) is 10.6. The van der Waals surface area contributed by atoms with Gasteiger partial charge in [0.05, 0.1) is 5.70 Å². The lowest BCUT2D eigenvalue weighted by Crippen LogP contribution is -2.17. The lowest BCUT2D eigenvalue weighted by Gasteiger charge is -2.17. The molecule has 0 aromatic carbocycles. The summed E-state index contributed by atoms with van der Waals surface area (Å²) in [7, 11) is 0. The number of likely N-dealkylation sites (N-methyl/N-ethyl adjacent to an activating group) is 1. The van der Waals surface area contributed by atoms with Gasteiger partial charge in [-0.15, -0.1) is 12.6 Å². The first-order valence-corrected chi connectivity index (χ1v) is 5.06. The molecule has 3 N–H and O–H groups in total. The summed E-state index contributed by atoms with van der Waals surface area (Å²) < 4.78 is 12.7. The number of nitrogens with one attached hydrogen (secondary N) is 1. The fourth-order valence-electron chi connectivity index (χ4n) is 1.34. The second kappa shape index (κ2) is 5.10. The van der Waals surface area contributed by atoms with Gasteiger partial charge in [-0.1, -0.05) is 12.2 Å². The van der Waals surface area contributed by atoms with E-state index in [4.69, 9.17) is 5.73 Å². The van der Waals surface area contributed by atoms with Crippen molar-refractivity contribution in [3.05, 3.63) is 34.8 Å². The molecule has 1 atom stereocenters. The van der Waals surface area contributed by atoms with E-state index in [2.05, 4.69) is 17.9 Å². The number of rotatable bonds is 3. The van der Waals surface area contributed by atoms with Crippen LogP contribution in [0.2, 0.25) is 0 Å². The summed E-state index contributed by atoms with van der Waals surface area (Å²) in [5, 5.41) is 2.59. The minimum atomic E-state index is -0.583. The molecular formula is C10H15FN2S. The van der Waals surface area contributed by atoms with Gasteiger partial charge < -0.3 is 11.1 Å². The summed E-state index contributed by atoms with van der Waals surface area (Å²) in [6.07, 6.45) is 6.54. The molecular weight excluding hydrogens is 199 g/mol. The molecule has 0 heterocycles. The van der Waals surface area contributed by atoms with Gasteiger partial charge in [0.1, 0.15) is 0 Å². The Morgan fingerprint density at radius 2 is 2.50 bits per heavy atom. The van der Waals surface area contributed by atoms with Crippen molar-refractivity contribution < 1.29 is 4.39 Å². The van der Waals surface area contributed by atoms with Gasteiger partial charge in [0.25, 0.3) is 0 Å². The molecule has 14 heavy (non-hydrogen) atoms. The summed E-state index contributed by atoms with van der Waals surface area (Å²) in [5.41, 5.74) is 6.81. The van der Waals surface area contributed by atoms with Crippen LogP contribution >= 0.6 is 12.6 Å². The van der Waals surface area contributed by atoms with Gasteiger partial charge in [0.15, 0.2) is 5.16 Å². The molecule has 0 spiro atoms. The maximum absolute atomic E-state index is 12.7. The first-order valence-electron chi connectivity index (χ1n) is 4.61. The van der Waals surface area contributed by atoms with Gasteiger partial charge in [0, 0.05) is 18.2 Å². The van der Waals surface area contributed by atoms with Crippen LogP contribution in [0.15, 0.2) is 34.8 Å². The van der Waals surface area contributed by atoms with Crippen LogP contribution < -0.4 is 11.1 Å². The number of hydrogen-bond donors (Lipinski definition) is 3. The predicted molar refractivity (Wildman–Crippen MR) is 60.3 cm³/mol. The molecule has 0 saturated carbocycles. The van der Waals surface area contributed by atoms with Crippen molar-refractivity contribution in [3.63, 3.8) is 0 Å². The zero-order valence-corrected chi connectivity index (χ0v) is 9.02. The minimum Gasteiger partial charge on any atom is -0.399 e. The third-order valence-corrected chi connectivity index (χ3v) is 2.38. The van der Waals surface area contributed by atoms with Crippen LogP contribution in [0.4, 0.5) is 4.39 Å². The van der Waals surface area contributed by atoms with E-state index in [-0.39, 0.29) is 11.6 Å². The fourth-order valence-corrected chi connectivity index (χ4v) is 1.51. The molecule has 0 aromatic rings. The molecule has 0 radical (unpaired) electrons. The van der Waals surface area contributed by atoms with E-state index >= 15 is 0 Å². The molecule has 0 aromatic heterocycles. The van der Waals surface area contributed by atoms with E-state index in [9.17, 15) is 4.39 Å². The number of halogens is 1. The Kier molecular flexibility index (Phi) is 4.07. The maximum atomic E-state index is 12.7. The number of allylic oxidation sites excluding steroid dienone is 3. The largest absolute Gasteiger partial charge is 0.399 e. The summed E-state index contributed by atoms with van der Waals surface area (Å²) >= 11 is 3.58. The molecule has 2 nitrogen and oxygen atoms in total. The highest BCUT2D eigenvalue weighted by molar-refractivity contribution is 7.84. The highest BCUT2D eigenvalue weighted by Gasteiger charge is 2.13. The maximum Gasteiger partial charge on any atom is 0.172 e. The van der Waals surface area contributed by atoms with Gasteiger partial charge in [-0.05, 0) is 19.4 Å².